The van der Waals surface area contributed by atoms with Crippen molar-refractivity contribution in [3.63, 3.8) is 0 Å². The Morgan fingerprint density at radius 1 is 1.03 bits per heavy atom. The second-order valence-electron chi connectivity index (χ2n) is 6.94. The highest BCUT2D eigenvalue weighted by Gasteiger charge is 2.14. The summed E-state index contributed by atoms with van der Waals surface area (Å²) in [5.41, 5.74) is 3.73. The van der Waals surface area contributed by atoms with Crippen LogP contribution in [0.25, 0.3) is 11.0 Å². The molecule has 0 aliphatic rings. The third kappa shape index (κ3) is 4.63. The van der Waals surface area contributed by atoms with E-state index < -0.39 is 0 Å². The number of aryl methyl sites for hydroxylation is 1. The molecular formula is C24H22ClN3O2. The number of hydrogen-bond acceptors (Lipinski definition) is 3. The van der Waals surface area contributed by atoms with Gasteiger partial charge < -0.3 is 14.6 Å². The van der Waals surface area contributed by atoms with E-state index in [9.17, 15) is 4.79 Å². The molecule has 0 fully saturated rings. The van der Waals surface area contributed by atoms with Crippen molar-refractivity contribution in [1.82, 2.24) is 9.55 Å². The molecule has 4 rings (SSSR count). The summed E-state index contributed by atoms with van der Waals surface area (Å²) in [5, 5.41) is 3.61. The maximum atomic E-state index is 12.7. The van der Waals surface area contributed by atoms with E-state index in [4.69, 9.17) is 16.3 Å². The highest BCUT2D eigenvalue weighted by atomic mass is 35.5. The molecule has 30 heavy (non-hydrogen) atoms. The first-order valence-electron chi connectivity index (χ1n) is 9.83. The predicted octanol–water partition coefficient (Wildman–Crippen LogP) is 5.47. The molecule has 1 heterocycles. The van der Waals surface area contributed by atoms with Gasteiger partial charge in [0.25, 0.3) is 0 Å². The number of benzene rings is 3. The molecule has 6 heteroatoms. The summed E-state index contributed by atoms with van der Waals surface area (Å²) < 4.78 is 7.76. The average Bonchev–Trinajstić information content (AvgIpc) is 3.11. The largest absolute Gasteiger partial charge is 0.486 e. The van der Waals surface area contributed by atoms with E-state index in [1.54, 1.807) is 12.1 Å². The maximum absolute atomic E-state index is 12.7. The predicted molar refractivity (Wildman–Crippen MR) is 120 cm³/mol. The number of para-hydroxylation sites is 2. The van der Waals surface area contributed by atoms with Crippen molar-refractivity contribution >= 4 is 34.2 Å². The van der Waals surface area contributed by atoms with Gasteiger partial charge in [0.05, 0.1) is 11.0 Å². The molecule has 0 aliphatic carbocycles. The number of carbonyl (C=O) groups is 1. The summed E-state index contributed by atoms with van der Waals surface area (Å²) in [4.78, 5) is 17.4. The van der Waals surface area contributed by atoms with Crippen LogP contribution in [0, 0.1) is 0 Å². The van der Waals surface area contributed by atoms with Gasteiger partial charge in [0.2, 0.25) is 5.91 Å². The number of ether oxygens (including phenoxy) is 1. The monoisotopic (exact) mass is 419 g/mol. The number of rotatable bonds is 7. The number of hydrogen-bond donors (Lipinski definition) is 1. The number of imidazole rings is 1. The summed E-state index contributed by atoms with van der Waals surface area (Å²) in [6, 6.07) is 22.8. The summed E-state index contributed by atoms with van der Waals surface area (Å²) >= 11 is 5.93. The van der Waals surface area contributed by atoms with E-state index in [0.717, 1.165) is 23.1 Å². The fourth-order valence-electron chi connectivity index (χ4n) is 3.26. The number of aromatic nitrogens is 2. The Balaban J connectivity index is 1.53. The zero-order valence-electron chi connectivity index (χ0n) is 16.6. The molecule has 0 radical (unpaired) electrons. The highest BCUT2D eigenvalue weighted by Crippen LogP contribution is 2.20. The lowest BCUT2D eigenvalue weighted by Gasteiger charge is -2.11. The second-order valence-corrected chi connectivity index (χ2v) is 7.38. The minimum atomic E-state index is -0.116. The van der Waals surface area contributed by atoms with E-state index in [1.165, 1.54) is 5.56 Å². The molecule has 0 aliphatic heterocycles. The van der Waals surface area contributed by atoms with Crippen molar-refractivity contribution in [3.8, 4) is 5.75 Å². The van der Waals surface area contributed by atoms with Gasteiger partial charge in [-0.3, -0.25) is 4.79 Å². The first-order valence-corrected chi connectivity index (χ1v) is 10.2. The average molecular weight is 420 g/mol. The van der Waals surface area contributed by atoms with E-state index >= 15 is 0 Å². The van der Waals surface area contributed by atoms with Crippen LogP contribution in [0.4, 0.5) is 5.69 Å². The minimum absolute atomic E-state index is 0.116. The number of fused-ring (bicyclic) bond motifs is 1. The van der Waals surface area contributed by atoms with Crippen LogP contribution in [0.5, 0.6) is 5.75 Å². The molecule has 1 aromatic heterocycles. The first kappa shape index (κ1) is 20.0. The first-order chi connectivity index (χ1) is 14.6. The van der Waals surface area contributed by atoms with Gasteiger partial charge in [-0.1, -0.05) is 42.8 Å². The van der Waals surface area contributed by atoms with Crippen LogP contribution in [0.3, 0.4) is 0 Å². The molecular weight excluding hydrogens is 398 g/mol. The summed E-state index contributed by atoms with van der Waals surface area (Å²) in [5.74, 6) is 1.26. The van der Waals surface area contributed by atoms with Gasteiger partial charge in [0.15, 0.2) is 0 Å². The maximum Gasteiger partial charge on any atom is 0.244 e. The van der Waals surface area contributed by atoms with Crippen LogP contribution in [-0.2, 0) is 24.4 Å². The van der Waals surface area contributed by atoms with Crippen LogP contribution in [0.2, 0.25) is 5.02 Å². The highest BCUT2D eigenvalue weighted by molar-refractivity contribution is 6.30. The number of amides is 1. The fourth-order valence-corrected chi connectivity index (χ4v) is 3.38. The Labute approximate surface area is 180 Å². The van der Waals surface area contributed by atoms with Crippen molar-refractivity contribution in [2.45, 2.75) is 26.5 Å². The van der Waals surface area contributed by atoms with Crippen molar-refractivity contribution in [2.75, 3.05) is 5.32 Å². The van der Waals surface area contributed by atoms with Crippen LogP contribution < -0.4 is 10.1 Å². The number of nitrogens with one attached hydrogen (secondary N) is 1. The second kappa shape index (κ2) is 9.01. The molecule has 4 aromatic rings. The van der Waals surface area contributed by atoms with Crippen LogP contribution in [-0.4, -0.2) is 15.5 Å². The van der Waals surface area contributed by atoms with E-state index in [1.807, 2.05) is 65.2 Å². The molecule has 0 saturated heterocycles. The molecule has 5 nitrogen and oxygen atoms in total. The summed E-state index contributed by atoms with van der Waals surface area (Å²) in [6.07, 6.45) is 0.965. The topological polar surface area (TPSA) is 56.2 Å². The molecule has 152 valence electrons. The van der Waals surface area contributed by atoms with Gasteiger partial charge in [-0.05, 0) is 60.5 Å². The van der Waals surface area contributed by atoms with Crippen molar-refractivity contribution < 1.29 is 9.53 Å². The Hall–Kier alpha value is -3.31. The molecule has 0 bridgehead atoms. The molecule has 0 atom stereocenters. The van der Waals surface area contributed by atoms with E-state index in [0.29, 0.717) is 16.6 Å². The van der Waals surface area contributed by atoms with Gasteiger partial charge in [-0.25, -0.2) is 4.98 Å². The van der Waals surface area contributed by atoms with Crippen LogP contribution in [0.1, 0.15) is 18.3 Å². The third-order valence-electron chi connectivity index (χ3n) is 4.86. The third-order valence-corrected chi connectivity index (χ3v) is 5.11. The normalized spacial score (nSPS) is 10.9. The Morgan fingerprint density at radius 2 is 1.77 bits per heavy atom. The number of anilines is 1. The molecule has 1 N–H and O–H groups in total. The van der Waals surface area contributed by atoms with Crippen LogP contribution in [0.15, 0.2) is 72.8 Å². The van der Waals surface area contributed by atoms with Gasteiger partial charge >= 0.3 is 0 Å². The standard InChI is InChI=1S/C24H22ClN3O2/c1-2-17-7-11-19(12-8-17)26-24(29)15-28-22-6-4-3-5-21(22)27-23(28)16-30-20-13-9-18(25)10-14-20/h3-14H,2,15-16H2,1H3,(H,26,29). The van der Waals surface area contributed by atoms with Crippen molar-refractivity contribution in [1.29, 1.82) is 0 Å². The van der Waals surface area contributed by atoms with Gasteiger partial charge in [0.1, 0.15) is 24.7 Å². The van der Waals surface area contributed by atoms with Crippen LogP contribution >= 0.6 is 11.6 Å². The molecule has 0 spiro atoms. The Bertz CT molecular complexity index is 1150. The van der Waals surface area contributed by atoms with Crippen molar-refractivity contribution in [2.24, 2.45) is 0 Å². The number of halogens is 1. The SMILES string of the molecule is CCc1ccc(NC(=O)Cn2c(COc3ccc(Cl)cc3)nc3ccccc32)cc1. The Morgan fingerprint density at radius 3 is 2.50 bits per heavy atom. The lowest BCUT2D eigenvalue weighted by molar-refractivity contribution is -0.116. The lowest BCUT2D eigenvalue weighted by atomic mass is 10.1. The summed E-state index contributed by atoms with van der Waals surface area (Å²) in [6.45, 7) is 2.50. The van der Waals surface area contributed by atoms with Gasteiger partial charge in [-0.15, -0.1) is 0 Å². The van der Waals surface area contributed by atoms with Gasteiger partial charge in [-0.2, -0.15) is 0 Å². The number of carbonyl (C=O) groups excluding carboxylic acids is 1. The zero-order chi connectivity index (χ0) is 20.9. The molecule has 1 amide bonds. The van der Waals surface area contributed by atoms with Gasteiger partial charge in [0, 0.05) is 10.7 Å². The molecule has 0 saturated carbocycles. The zero-order valence-corrected chi connectivity index (χ0v) is 17.4. The Kier molecular flexibility index (Phi) is 6.00. The van der Waals surface area contributed by atoms with Crippen molar-refractivity contribution in [3.05, 3.63) is 89.2 Å². The smallest absolute Gasteiger partial charge is 0.244 e. The minimum Gasteiger partial charge on any atom is -0.486 e. The summed E-state index contributed by atoms with van der Waals surface area (Å²) in [7, 11) is 0. The lowest BCUT2D eigenvalue weighted by Crippen LogP contribution is -2.20. The molecule has 0 unspecified atom stereocenters. The fraction of sp³-hybridized carbons (Fsp3) is 0.167. The number of nitrogens with zero attached hydrogens (tertiary/aromatic N) is 2. The van der Waals surface area contributed by atoms with E-state index in [2.05, 4.69) is 17.2 Å². The quantitative estimate of drug-likeness (QED) is 0.432. The van der Waals surface area contributed by atoms with E-state index in [-0.39, 0.29) is 19.1 Å². The molecule has 3 aromatic carbocycles.